The van der Waals surface area contributed by atoms with Crippen LogP contribution in [0.25, 0.3) is 5.70 Å². The molecule has 0 bridgehead atoms. The summed E-state index contributed by atoms with van der Waals surface area (Å²) in [6, 6.07) is 5.63. The maximum Gasteiger partial charge on any atom is 0.509 e. The van der Waals surface area contributed by atoms with Crippen molar-refractivity contribution in [3.05, 3.63) is 51.0 Å². The van der Waals surface area contributed by atoms with Crippen LogP contribution in [0.15, 0.2) is 36.1 Å². The van der Waals surface area contributed by atoms with Crippen molar-refractivity contribution in [2.75, 3.05) is 13.2 Å². The summed E-state index contributed by atoms with van der Waals surface area (Å²) in [5.41, 5.74) is 6.32. The van der Waals surface area contributed by atoms with Crippen LogP contribution in [0, 0.1) is 8.73 Å². The van der Waals surface area contributed by atoms with Crippen LogP contribution in [0.5, 0.6) is 0 Å². The molecule has 15 heteroatoms. The Balaban J connectivity index is 1.36. The van der Waals surface area contributed by atoms with Crippen LogP contribution in [0.3, 0.4) is 0 Å². The highest BCUT2D eigenvalue weighted by atomic mass is 127. The number of carbonyl (C=O) groups excluding carboxylic acids is 1. The summed E-state index contributed by atoms with van der Waals surface area (Å²) in [5, 5.41) is 9.36. The minimum Gasteiger partial charge on any atom is -0.424 e. The van der Waals surface area contributed by atoms with E-state index in [1.165, 1.54) is 0 Å². The summed E-state index contributed by atoms with van der Waals surface area (Å²) in [6.07, 6.45) is 0.0686. The molecule has 0 amide bonds. The van der Waals surface area contributed by atoms with Gasteiger partial charge in [0.15, 0.2) is 18.1 Å². The number of hydrogen-bond donors (Lipinski definition) is 3. The predicted octanol–water partition coefficient (Wildman–Crippen LogP) is 5.12. The summed E-state index contributed by atoms with van der Waals surface area (Å²) in [4.78, 5) is 19.7. The maximum atomic E-state index is 12.2. The number of fused-ring (bicyclic) bond motifs is 1. The van der Waals surface area contributed by atoms with Crippen LogP contribution in [-0.2, 0) is 27.8 Å². The normalized spacial score (nSPS) is 32.8. The molecule has 3 fully saturated rings. The molecule has 5 rings (SSSR count). The molecular weight excluding hydrogens is 652 g/mol. The lowest BCUT2D eigenvalue weighted by Crippen LogP contribution is -2.52. The van der Waals surface area contributed by atoms with Gasteiger partial charge >= 0.3 is 19.7 Å². The topological polar surface area (TPSA) is 154 Å². The number of nitrogens with two attached hydrogens (primary N) is 1. The Morgan fingerprint density at radius 3 is 3.03 bits per heavy atom. The largest absolute Gasteiger partial charge is 0.509 e. The standard InChI is InChI=1S/C23H26ClIN5O7P/c1-4-28-20-18(12(2)26)29-11-30(20)21-23(3)19(35-22(31)36-23)17(34-21)10-33-38(27)32-8-7-16(37-38)13-5-6-15(25)14(24)9-13/h4-6,9,11,16-17,19,21,27H,2,7-8,10,26H2,1,3H3/p+1. The molecule has 0 radical (unpaired) electrons. The Morgan fingerprint density at radius 1 is 1.53 bits per heavy atom. The number of aromatic amines is 1. The zero-order valence-corrected chi connectivity index (χ0v) is 24.4. The van der Waals surface area contributed by atoms with Crippen LogP contribution in [0.2, 0.25) is 5.02 Å². The number of rotatable bonds is 7. The molecule has 2 aromatic rings. The lowest BCUT2D eigenvalue weighted by molar-refractivity contribution is -0.759. The molecule has 1 aromatic carbocycles. The second-order valence-electron chi connectivity index (χ2n) is 9.08. The van der Waals surface area contributed by atoms with Crippen molar-refractivity contribution in [3.8, 4) is 0 Å². The summed E-state index contributed by atoms with van der Waals surface area (Å²) in [7, 11) is -3.48. The number of aliphatic imine (C=N–C) groups is 1. The third kappa shape index (κ3) is 5.01. The van der Waals surface area contributed by atoms with Gasteiger partial charge in [-0.05, 0) is 54.1 Å². The molecule has 3 saturated heterocycles. The van der Waals surface area contributed by atoms with Crippen molar-refractivity contribution in [1.82, 2.24) is 4.98 Å². The summed E-state index contributed by atoms with van der Waals surface area (Å²) < 4.78 is 37.5. The van der Waals surface area contributed by atoms with E-state index in [-0.39, 0.29) is 18.9 Å². The predicted molar refractivity (Wildman–Crippen MR) is 146 cm³/mol. The van der Waals surface area contributed by atoms with Crippen LogP contribution < -0.4 is 10.3 Å². The van der Waals surface area contributed by atoms with Crippen molar-refractivity contribution >= 4 is 65.8 Å². The van der Waals surface area contributed by atoms with Crippen molar-refractivity contribution < 1.29 is 37.1 Å². The zero-order chi connectivity index (χ0) is 27.2. The van der Waals surface area contributed by atoms with E-state index in [2.05, 4.69) is 39.1 Å². The number of carbonyl (C=O) groups is 1. The number of H-pyrrole nitrogens is 1. The van der Waals surface area contributed by atoms with Crippen molar-refractivity contribution in [3.63, 3.8) is 0 Å². The number of imidazole rings is 1. The summed E-state index contributed by atoms with van der Waals surface area (Å²) in [5.74, 6) is 0.442. The van der Waals surface area contributed by atoms with E-state index in [9.17, 15) is 4.79 Å². The van der Waals surface area contributed by atoms with Gasteiger partial charge < -0.3 is 24.5 Å². The SMILES string of the molecule is C=C(N)c1[nH]c[n+](C2OC(COP3(=N)OCCC(c4ccc(I)c(Cl)c4)O3)C3OC(=O)OC32C)c1N=CC. The Kier molecular flexibility index (Phi) is 7.63. The average molecular weight is 679 g/mol. The second kappa shape index (κ2) is 10.5. The molecule has 38 heavy (non-hydrogen) atoms. The number of benzene rings is 1. The number of nitrogens with one attached hydrogen (secondary N) is 2. The molecule has 6 atom stereocenters. The number of nitrogens with zero attached hydrogens (tertiary/aromatic N) is 2. The monoisotopic (exact) mass is 678 g/mol. The third-order valence-electron chi connectivity index (χ3n) is 6.50. The number of aromatic nitrogens is 2. The van der Waals surface area contributed by atoms with Gasteiger partial charge in [-0.1, -0.05) is 24.2 Å². The first-order chi connectivity index (χ1) is 18.0. The van der Waals surface area contributed by atoms with E-state index in [1.807, 2.05) is 18.2 Å². The highest BCUT2D eigenvalue weighted by Crippen LogP contribution is 2.58. The number of hydrogen-bond acceptors (Lipinski definition) is 10. The minimum atomic E-state index is -3.48. The minimum absolute atomic E-state index is 0.140. The summed E-state index contributed by atoms with van der Waals surface area (Å²) in [6.45, 7) is 7.39. The Hall–Kier alpha value is -2.00. The molecule has 4 N–H and O–H groups in total. The molecular formula is C23H27ClIN5O7P+. The molecule has 6 unspecified atom stereocenters. The smallest absolute Gasteiger partial charge is 0.424 e. The van der Waals surface area contributed by atoms with E-state index in [0.717, 1.165) is 9.13 Å². The van der Waals surface area contributed by atoms with Crippen molar-refractivity contribution in [2.45, 2.75) is 50.4 Å². The molecule has 0 aliphatic carbocycles. The van der Waals surface area contributed by atoms with Gasteiger partial charge in [-0.25, -0.2) is 14.5 Å². The average Bonchev–Trinajstić information content (AvgIpc) is 3.49. The molecule has 4 heterocycles. The van der Waals surface area contributed by atoms with Gasteiger partial charge in [0.05, 0.1) is 36.3 Å². The van der Waals surface area contributed by atoms with E-state index < -0.39 is 44.0 Å². The van der Waals surface area contributed by atoms with Crippen LogP contribution >= 0.6 is 41.9 Å². The number of ether oxygens (including phenoxy) is 3. The molecule has 0 spiro atoms. The van der Waals surface area contributed by atoms with E-state index >= 15 is 0 Å². The van der Waals surface area contributed by atoms with Crippen LogP contribution in [-0.4, -0.2) is 48.4 Å². The Morgan fingerprint density at radius 2 is 2.32 bits per heavy atom. The van der Waals surface area contributed by atoms with Gasteiger partial charge in [0, 0.05) is 9.99 Å². The highest BCUT2D eigenvalue weighted by Gasteiger charge is 2.66. The lowest BCUT2D eigenvalue weighted by Gasteiger charge is -2.32. The van der Waals surface area contributed by atoms with Gasteiger partial charge in [0.25, 0.3) is 0 Å². The Labute approximate surface area is 237 Å². The molecule has 1 aromatic heterocycles. The maximum absolute atomic E-state index is 12.2. The highest BCUT2D eigenvalue weighted by molar-refractivity contribution is 14.1. The fraction of sp³-hybridized carbons (Fsp3) is 0.435. The fourth-order valence-corrected chi connectivity index (χ4v) is 6.70. The van der Waals surface area contributed by atoms with Gasteiger partial charge in [-0.15, -0.1) is 4.99 Å². The molecule has 3 aliphatic rings. The van der Waals surface area contributed by atoms with E-state index in [1.54, 1.807) is 31.0 Å². The van der Waals surface area contributed by atoms with Gasteiger partial charge in [-0.2, -0.15) is 0 Å². The van der Waals surface area contributed by atoms with Crippen molar-refractivity contribution in [1.29, 1.82) is 5.16 Å². The fourth-order valence-electron chi connectivity index (χ4n) is 4.73. The molecule has 204 valence electrons. The zero-order valence-electron chi connectivity index (χ0n) is 20.6. The lowest BCUT2D eigenvalue weighted by atomic mass is 9.96. The third-order valence-corrected chi connectivity index (χ3v) is 9.61. The molecule has 3 aliphatic heterocycles. The summed E-state index contributed by atoms with van der Waals surface area (Å²) >= 11 is 8.43. The first-order valence-electron chi connectivity index (χ1n) is 11.7. The van der Waals surface area contributed by atoms with Crippen molar-refractivity contribution in [2.24, 2.45) is 10.7 Å². The second-order valence-corrected chi connectivity index (χ2v) is 12.4. The van der Waals surface area contributed by atoms with Crippen LogP contribution in [0.4, 0.5) is 10.6 Å². The van der Waals surface area contributed by atoms with Gasteiger partial charge in [0.2, 0.25) is 11.8 Å². The number of halogens is 2. The Bertz CT molecular complexity index is 1360. The van der Waals surface area contributed by atoms with E-state index in [4.69, 9.17) is 50.3 Å². The van der Waals surface area contributed by atoms with Gasteiger partial charge in [-0.3, -0.25) is 14.0 Å². The van der Waals surface area contributed by atoms with E-state index in [0.29, 0.717) is 23.0 Å². The molecule has 0 saturated carbocycles. The van der Waals surface area contributed by atoms with Gasteiger partial charge in [0.1, 0.15) is 6.10 Å². The first kappa shape index (κ1) is 27.6. The molecule has 12 nitrogen and oxygen atoms in total. The van der Waals surface area contributed by atoms with Crippen LogP contribution in [0.1, 0.15) is 43.9 Å². The first-order valence-corrected chi connectivity index (χ1v) is 14.7. The quantitative estimate of drug-likeness (QED) is 0.120.